The molecule has 1 aliphatic rings. The Morgan fingerprint density at radius 1 is 1.47 bits per heavy atom. The number of nitrogens with zero attached hydrogens (tertiary/aromatic N) is 2. The summed E-state index contributed by atoms with van der Waals surface area (Å²) >= 11 is 0. The second-order valence-electron chi connectivity index (χ2n) is 4.70. The topological polar surface area (TPSA) is 74.9 Å². The van der Waals surface area contributed by atoms with E-state index in [4.69, 9.17) is 10.6 Å². The average Bonchev–Trinajstić information content (AvgIpc) is 2.24. The second kappa shape index (κ2) is 6.78. The summed E-state index contributed by atoms with van der Waals surface area (Å²) in [5, 5.41) is 3.10. The minimum Gasteiger partial charge on any atom is -0.383 e. The van der Waals surface area contributed by atoms with E-state index in [1.54, 1.807) is 7.11 Å². The molecule has 0 bridgehead atoms. The lowest BCUT2D eigenvalue weighted by atomic mass is 9.76. The van der Waals surface area contributed by atoms with Crippen molar-refractivity contribution >= 4 is 5.96 Å². The van der Waals surface area contributed by atoms with Gasteiger partial charge < -0.3 is 15.0 Å². The Labute approximate surface area is 104 Å². The van der Waals surface area contributed by atoms with Crippen LogP contribution in [0.2, 0.25) is 0 Å². The molecule has 1 saturated carbocycles. The zero-order chi connectivity index (χ0) is 12.7. The lowest BCUT2D eigenvalue weighted by Gasteiger charge is -2.46. The van der Waals surface area contributed by atoms with Gasteiger partial charge >= 0.3 is 0 Å². The van der Waals surface area contributed by atoms with Gasteiger partial charge in [-0.3, -0.25) is 10.4 Å². The summed E-state index contributed by atoms with van der Waals surface area (Å²) in [5.74, 6) is 6.06. The minimum atomic E-state index is 0.227. The van der Waals surface area contributed by atoms with Crippen LogP contribution in [-0.2, 0) is 4.74 Å². The molecule has 0 spiro atoms. The Hall–Kier alpha value is -0.850. The Morgan fingerprint density at radius 2 is 2.18 bits per heavy atom. The summed E-state index contributed by atoms with van der Waals surface area (Å²) in [6.07, 6.45) is 3.70. The third-order valence-corrected chi connectivity index (χ3v) is 3.50. The molecule has 0 heterocycles. The van der Waals surface area contributed by atoms with E-state index < -0.39 is 0 Å². The van der Waals surface area contributed by atoms with Gasteiger partial charge in [0.15, 0.2) is 0 Å². The van der Waals surface area contributed by atoms with Crippen molar-refractivity contribution in [3.05, 3.63) is 0 Å². The Morgan fingerprint density at radius 3 is 2.59 bits per heavy atom. The van der Waals surface area contributed by atoms with Crippen LogP contribution in [0, 0.1) is 0 Å². The largest absolute Gasteiger partial charge is 0.383 e. The smallest absolute Gasteiger partial charge is 0.205 e. The van der Waals surface area contributed by atoms with Gasteiger partial charge in [0.1, 0.15) is 0 Å². The first-order valence-electron chi connectivity index (χ1n) is 6.06. The SMILES string of the molecule is COCCNC(=NCC1(N(C)C)CCC1)NN. The van der Waals surface area contributed by atoms with Crippen molar-refractivity contribution in [2.75, 3.05) is 40.9 Å². The van der Waals surface area contributed by atoms with Gasteiger partial charge in [-0.15, -0.1) is 0 Å². The molecule has 1 fully saturated rings. The zero-order valence-corrected chi connectivity index (χ0v) is 11.1. The lowest BCUT2D eigenvalue weighted by molar-refractivity contribution is 0.0699. The van der Waals surface area contributed by atoms with E-state index >= 15 is 0 Å². The number of hydrogen-bond donors (Lipinski definition) is 3. The maximum Gasteiger partial charge on any atom is 0.205 e. The van der Waals surface area contributed by atoms with Crippen LogP contribution < -0.4 is 16.6 Å². The molecule has 4 N–H and O–H groups in total. The number of hydrazine groups is 1. The standard InChI is InChI=1S/C11H25N5O/c1-16(2)11(5-4-6-11)9-14-10(15-12)13-7-8-17-3/h4-9,12H2,1-3H3,(H2,13,14,15). The zero-order valence-electron chi connectivity index (χ0n) is 11.1. The van der Waals surface area contributed by atoms with Gasteiger partial charge in [0, 0.05) is 19.2 Å². The van der Waals surface area contributed by atoms with Gasteiger partial charge in [-0.05, 0) is 33.4 Å². The number of likely N-dealkylation sites (N-methyl/N-ethyl adjacent to an activating group) is 1. The molecule has 0 amide bonds. The Balaban J connectivity index is 2.42. The van der Waals surface area contributed by atoms with Gasteiger partial charge in [0.25, 0.3) is 0 Å². The third-order valence-electron chi connectivity index (χ3n) is 3.50. The van der Waals surface area contributed by atoms with E-state index in [2.05, 4.69) is 34.7 Å². The molecule has 0 aromatic heterocycles. The van der Waals surface area contributed by atoms with E-state index in [1.807, 2.05) is 0 Å². The van der Waals surface area contributed by atoms with Crippen LogP contribution in [0.3, 0.4) is 0 Å². The fourth-order valence-electron chi connectivity index (χ4n) is 1.98. The van der Waals surface area contributed by atoms with Gasteiger partial charge in [-0.25, -0.2) is 5.84 Å². The molecule has 100 valence electrons. The molecule has 0 radical (unpaired) electrons. The monoisotopic (exact) mass is 243 g/mol. The second-order valence-corrected chi connectivity index (χ2v) is 4.70. The lowest BCUT2D eigenvalue weighted by Crippen LogP contribution is -2.53. The molecule has 0 saturated heterocycles. The molecule has 6 heteroatoms. The first-order chi connectivity index (χ1) is 8.14. The molecule has 1 aliphatic carbocycles. The highest BCUT2D eigenvalue weighted by molar-refractivity contribution is 5.79. The summed E-state index contributed by atoms with van der Waals surface area (Å²) < 4.78 is 4.96. The minimum absolute atomic E-state index is 0.227. The predicted molar refractivity (Wildman–Crippen MR) is 69.8 cm³/mol. The average molecular weight is 243 g/mol. The molecule has 0 atom stereocenters. The molecular formula is C11H25N5O. The van der Waals surface area contributed by atoms with Crippen LogP contribution >= 0.6 is 0 Å². The Bertz CT molecular complexity index is 250. The fraction of sp³-hybridized carbons (Fsp3) is 0.909. The van der Waals surface area contributed by atoms with Crippen molar-refractivity contribution in [3.63, 3.8) is 0 Å². The number of ether oxygens (including phenoxy) is 1. The maximum atomic E-state index is 5.42. The summed E-state index contributed by atoms with van der Waals surface area (Å²) in [5.41, 5.74) is 2.81. The summed E-state index contributed by atoms with van der Waals surface area (Å²) in [7, 11) is 5.90. The highest BCUT2D eigenvalue weighted by Crippen LogP contribution is 2.36. The molecule has 0 aromatic rings. The molecule has 6 nitrogen and oxygen atoms in total. The third kappa shape index (κ3) is 3.83. The summed E-state index contributed by atoms with van der Waals surface area (Å²) in [4.78, 5) is 6.77. The first-order valence-corrected chi connectivity index (χ1v) is 6.06. The molecule has 0 aliphatic heterocycles. The van der Waals surface area contributed by atoms with Crippen LogP contribution in [-0.4, -0.2) is 57.3 Å². The number of hydrogen-bond acceptors (Lipinski definition) is 4. The highest BCUT2D eigenvalue weighted by Gasteiger charge is 2.38. The molecule has 0 unspecified atom stereocenters. The summed E-state index contributed by atoms with van der Waals surface area (Å²) in [6.45, 7) is 2.12. The highest BCUT2D eigenvalue weighted by atomic mass is 16.5. The quantitative estimate of drug-likeness (QED) is 0.193. The first kappa shape index (κ1) is 14.2. The van der Waals surface area contributed by atoms with Crippen LogP contribution in [0.15, 0.2) is 4.99 Å². The van der Waals surface area contributed by atoms with Crippen LogP contribution in [0.4, 0.5) is 0 Å². The van der Waals surface area contributed by atoms with Crippen LogP contribution in [0.25, 0.3) is 0 Å². The number of methoxy groups -OCH3 is 1. The normalized spacial score (nSPS) is 19.0. The van der Waals surface area contributed by atoms with E-state index in [0.29, 0.717) is 19.1 Å². The molecule has 17 heavy (non-hydrogen) atoms. The molecular weight excluding hydrogens is 218 g/mol. The van der Waals surface area contributed by atoms with Crippen molar-refractivity contribution in [3.8, 4) is 0 Å². The van der Waals surface area contributed by atoms with Crippen LogP contribution in [0.1, 0.15) is 19.3 Å². The van der Waals surface area contributed by atoms with Gasteiger partial charge in [0.2, 0.25) is 5.96 Å². The van der Waals surface area contributed by atoms with Gasteiger partial charge in [-0.1, -0.05) is 0 Å². The van der Waals surface area contributed by atoms with Crippen molar-refractivity contribution in [1.29, 1.82) is 0 Å². The van der Waals surface area contributed by atoms with Crippen molar-refractivity contribution < 1.29 is 4.74 Å². The number of rotatable bonds is 6. The van der Waals surface area contributed by atoms with E-state index in [-0.39, 0.29) is 5.54 Å². The van der Waals surface area contributed by atoms with E-state index in [1.165, 1.54) is 19.3 Å². The molecule has 0 aromatic carbocycles. The maximum absolute atomic E-state index is 5.42. The predicted octanol–water partition coefficient (Wildman–Crippen LogP) is -0.474. The fourth-order valence-corrected chi connectivity index (χ4v) is 1.98. The van der Waals surface area contributed by atoms with Crippen molar-refractivity contribution in [1.82, 2.24) is 15.6 Å². The number of guanidine groups is 1. The summed E-state index contributed by atoms with van der Waals surface area (Å²) in [6, 6.07) is 0. The number of aliphatic imine (C=N–C) groups is 1. The van der Waals surface area contributed by atoms with E-state index in [9.17, 15) is 0 Å². The van der Waals surface area contributed by atoms with Crippen molar-refractivity contribution in [2.24, 2.45) is 10.8 Å². The van der Waals surface area contributed by atoms with E-state index in [0.717, 1.165) is 6.54 Å². The number of nitrogens with one attached hydrogen (secondary N) is 2. The van der Waals surface area contributed by atoms with Gasteiger partial charge in [0.05, 0.1) is 13.2 Å². The Kier molecular flexibility index (Phi) is 5.67. The van der Waals surface area contributed by atoms with Gasteiger partial charge in [-0.2, -0.15) is 0 Å². The van der Waals surface area contributed by atoms with Crippen LogP contribution in [0.5, 0.6) is 0 Å². The van der Waals surface area contributed by atoms with Crippen molar-refractivity contribution in [2.45, 2.75) is 24.8 Å². The molecule has 1 rings (SSSR count). The number of nitrogens with two attached hydrogens (primary N) is 1.